The fourth-order valence-electron chi connectivity index (χ4n) is 4.29. The summed E-state index contributed by atoms with van der Waals surface area (Å²) >= 11 is 0. The third-order valence-corrected chi connectivity index (χ3v) is 5.87. The minimum atomic E-state index is -0.978. The molecule has 1 aliphatic carbocycles. The molecule has 10 heteroatoms. The van der Waals surface area contributed by atoms with E-state index in [2.05, 4.69) is 37.9 Å². The molecular weight excluding hydrogens is 450 g/mol. The van der Waals surface area contributed by atoms with Crippen LogP contribution in [0.15, 0.2) is 48.5 Å². The van der Waals surface area contributed by atoms with Crippen LogP contribution >= 0.6 is 0 Å². The molecule has 0 saturated heterocycles. The molecule has 10 nitrogen and oxygen atoms in total. The van der Waals surface area contributed by atoms with Gasteiger partial charge in [0.05, 0.1) is 5.92 Å². The van der Waals surface area contributed by atoms with Crippen LogP contribution in [0.5, 0.6) is 0 Å². The number of hydrogen-bond donors (Lipinski definition) is 4. The van der Waals surface area contributed by atoms with Crippen molar-refractivity contribution in [3.8, 4) is 11.1 Å². The molecule has 182 valence electrons. The topological polar surface area (TPSA) is 146 Å². The standard InChI is InChI=1S/C25H27N5O5/c1-14(2)11-15(23(32)33)12-26-22(31)21-27-24(30-29-21)28-25(34)35-13-20-18-9-5-3-7-16(18)17-8-4-6-10-19(17)20/h3-10,14-15,20H,11-13H2,1-2H3,(H,26,31)(H,32,33)(H2,27,28,29,30,34). The number of nitrogens with zero attached hydrogens (tertiary/aromatic N) is 2. The van der Waals surface area contributed by atoms with Crippen LogP contribution in [0, 0.1) is 11.8 Å². The zero-order chi connectivity index (χ0) is 24.9. The van der Waals surface area contributed by atoms with E-state index in [-0.39, 0.29) is 36.8 Å². The lowest BCUT2D eigenvalue weighted by Gasteiger charge is -2.14. The zero-order valence-electron chi connectivity index (χ0n) is 19.4. The maximum Gasteiger partial charge on any atom is 0.414 e. The van der Waals surface area contributed by atoms with Crippen molar-refractivity contribution >= 4 is 23.9 Å². The Hall–Kier alpha value is -4.21. The minimum Gasteiger partial charge on any atom is -0.481 e. The fraction of sp³-hybridized carbons (Fsp3) is 0.320. The summed E-state index contributed by atoms with van der Waals surface area (Å²) in [5, 5.41) is 20.5. The largest absolute Gasteiger partial charge is 0.481 e. The van der Waals surface area contributed by atoms with Crippen LogP contribution in [0.3, 0.4) is 0 Å². The van der Waals surface area contributed by atoms with Gasteiger partial charge >= 0.3 is 12.1 Å². The van der Waals surface area contributed by atoms with Crippen LogP contribution in [0.4, 0.5) is 10.7 Å². The molecule has 0 bridgehead atoms. The summed E-state index contributed by atoms with van der Waals surface area (Å²) in [5.74, 6) is -2.49. The Labute approximate surface area is 202 Å². The number of carboxylic acid groups (broad SMARTS) is 1. The number of aromatic amines is 1. The average Bonchev–Trinajstić information content (AvgIpc) is 3.42. The van der Waals surface area contributed by atoms with Gasteiger partial charge in [-0.25, -0.2) is 4.79 Å². The number of nitrogens with one attached hydrogen (secondary N) is 3. The Balaban J connectivity index is 1.32. The van der Waals surface area contributed by atoms with Crippen molar-refractivity contribution in [2.24, 2.45) is 11.8 Å². The molecule has 1 atom stereocenters. The molecule has 0 radical (unpaired) electrons. The number of rotatable bonds is 9. The summed E-state index contributed by atoms with van der Waals surface area (Å²) in [6.07, 6.45) is -0.318. The van der Waals surface area contributed by atoms with Gasteiger partial charge in [0.1, 0.15) is 6.61 Å². The van der Waals surface area contributed by atoms with Crippen molar-refractivity contribution in [2.45, 2.75) is 26.2 Å². The summed E-state index contributed by atoms with van der Waals surface area (Å²) in [4.78, 5) is 40.0. The Kier molecular flexibility index (Phi) is 7.09. The van der Waals surface area contributed by atoms with Crippen LogP contribution in [-0.2, 0) is 9.53 Å². The van der Waals surface area contributed by atoms with Gasteiger partial charge in [0.25, 0.3) is 11.9 Å². The average molecular weight is 478 g/mol. The highest BCUT2D eigenvalue weighted by molar-refractivity contribution is 5.91. The Bertz CT molecular complexity index is 1190. The molecule has 1 aliphatic rings. The third-order valence-electron chi connectivity index (χ3n) is 5.87. The van der Waals surface area contributed by atoms with Gasteiger partial charge in [0.15, 0.2) is 0 Å². The quantitative estimate of drug-likeness (QED) is 0.368. The van der Waals surface area contributed by atoms with Crippen LogP contribution in [0.25, 0.3) is 11.1 Å². The molecule has 1 aromatic heterocycles. The third kappa shape index (κ3) is 5.48. The number of carbonyl (C=O) groups is 3. The predicted molar refractivity (Wildman–Crippen MR) is 128 cm³/mol. The minimum absolute atomic E-state index is 0.0395. The van der Waals surface area contributed by atoms with Gasteiger partial charge in [0, 0.05) is 12.5 Å². The second-order valence-electron chi connectivity index (χ2n) is 8.83. The van der Waals surface area contributed by atoms with E-state index in [4.69, 9.17) is 4.74 Å². The lowest BCUT2D eigenvalue weighted by atomic mass is 9.97. The van der Waals surface area contributed by atoms with E-state index in [1.807, 2.05) is 50.2 Å². The highest BCUT2D eigenvalue weighted by atomic mass is 16.5. The number of fused-ring (bicyclic) bond motifs is 3. The molecule has 0 saturated carbocycles. The van der Waals surface area contributed by atoms with Crippen LogP contribution in [0.2, 0.25) is 0 Å². The van der Waals surface area contributed by atoms with Crippen molar-refractivity contribution in [3.05, 3.63) is 65.5 Å². The molecule has 4 N–H and O–H groups in total. The number of ether oxygens (including phenoxy) is 1. The molecule has 0 aliphatic heterocycles. The molecule has 4 rings (SSSR count). The van der Waals surface area contributed by atoms with E-state index in [0.717, 1.165) is 22.3 Å². The zero-order valence-corrected chi connectivity index (χ0v) is 19.4. The molecule has 3 aromatic rings. The second kappa shape index (κ2) is 10.4. The highest BCUT2D eigenvalue weighted by Crippen LogP contribution is 2.44. The van der Waals surface area contributed by atoms with Gasteiger partial charge in [-0.1, -0.05) is 62.4 Å². The first kappa shape index (κ1) is 23.9. The van der Waals surface area contributed by atoms with Gasteiger partial charge in [-0.15, -0.1) is 5.10 Å². The number of anilines is 1. The first-order valence-electron chi connectivity index (χ1n) is 11.4. The SMILES string of the molecule is CC(C)CC(CNC(=O)c1nc(NC(=O)OCC2c3ccccc3-c3ccccc32)n[nH]1)C(=O)O. The molecule has 1 unspecified atom stereocenters. The van der Waals surface area contributed by atoms with E-state index in [9.17, 15) is 19.5 Å². The van der Waals surface area contributed by atoms with Crippen LogP contribution in [0.1, 0.15) is 47.9 Å². The van der Waals surface area contributed by atoms with Crippen LogP contribution in [-0.4, -0.2) is 51.4 Å². The van der Waals surface area contributed by atoms with Gasteiger partial charge in [-0.3, -0.25) is 20.0 Å². The van der Waals surface area contributed by atoms with Crippen molar-refractivity contribution in [1.29, 1.82) is 0 Å². The molecular formula is C25H27N5O5. The number of amides is 2. The van der Waals surface area contributed by atoms with Crippen molar-refractivity contribution < 1.29 is 24.2 Å². The van der Waals surface area contributed by atoms with Crippen molar-refractivity contribution in [3.63, 3.8) is 0 Å². The Morgan fingerprint density at radius 3 is 2.29 bits per heavy atom. The van der Waals surface area contributed by atoms with E-state index in [0.29, 0.717) is 6.42 Å². The first-order valence-corrected chi connectivity index (χ1v) is 11.4. The smallest absolute Gasteiger partial charge is 0.414 e. The Morgan fingerprint density at radius 2 is 1.69 bits per heavy atom. The summed E-state index contributed by atoms with van der Waals surface area (Å²) in [5.41, 5.74) is 4.44. The predicted octanol–water partition coefficient (Wildman–Crippen LogP) is 3.64. The summed E-state index contributed by atoms with van der Waals surface area (Å²) in [6.45, 7) is 3.91. The van der Waals surface area contributed by atoms with Gasteiger partial charge < -0.3 is 15.2 Å². The van der Waals surface area contributed by atoms with E-state index in [1.165, 1.54) is 0 Å². The van der Waals surface area contributed by atoms with Gasteiger partial charge in [-0.2, -0.15) is 4.98 Å². The van der Waals surface area contributed by atoms with Gasteiger partial charge in [0.2, 0.25) is 5.82 Å². The summed E-state index contributed by atoms with van der Waals surface area (Å²) in [7, 11) is 0. The van der Waals surface area contributed by atoms with E-state index in [1.54, 1.807) is 0 Å². The Morgan fingerprint density at radius 1 is 1.06 bits per heavy atom. The molecule has 1 heterocycles. The number of carbonyl (C=O) groups excluding carboxylic acids is 2. The van der Waals surface area contributed by atoms with Crippen molar-refractivity contribution in [1.82, 2.24) is 20.5 Å². The number of aromatic nitrogens is 3. The number of benzene rings is 2. The van der Waals surface area contributed by atoms with Gasteiger partial charge in [-0.05, 0) is 34.6 Å². The maximum absolute atomic E-state index is 12.4. The van der Waals surface area contributed by atoms with E-state index < -0.39 is 23.9 Å². The van der Waals surface area contributed by atoms with Crippen molar-refractivity contribution in [2.75, 3.05) is 18.5 Å². The molecule has 0 fully saturated rings. The second-order valence-corrected chi connectivity index (χ2v) is 8.83. The van der Waals surface area contributed by atoms with Crippen LogP contribution < -0.4 is 10.6 Å². The first-order chi connectivity index (χ1) is 16.8. The lowest BCUT2D eigenvalue weighted by Crippen LogP contribution is -2.34. The number of carboxylic acids is 1. The summed E-state index contributed by atoms with van der Waals surface area (Å²) < 4.78 is 5.45. The maximum atomic E-state index is 12.4. The monoisotopic (exact) mass is 477 g/mol. The highest BCUT2D eigenvalue weighted by Gasteiger charge is 2.29. The molecule has 0 spiro atoms. The number of hydrogen-bond acceptors (Lipinski definition) is 6. The lowest BCUT2D eigenvalue weighted by molar-refractivity contribution is -0.142. The molecule has 2 amide bonds. The number of H-pyrrole nitrogens is 1. The van der Waals surface area contributed by atoms with E-state index >= 15 is 0 Å². The summed E-state index contributed by atoms with van der Waals surface area (Å²) in [6, 6.07) is 16.0. The molecule has 2 aromatic carbocycles. The molecule has 35 heavy (non-hydrogen) atoms. The number of aliphatic carboxylic acids is 1. The fourth-order valence-corrected chi connectivity index (χ4v) is 4.29. The normalized spacial score (nSPS) is 13.1.